The highest BCUT2D eigenvalue weighted by molar-refractivity contribution is 7.97. The summed E-state index contributed by atoms with van der Waals surface area (Å²) < 4.78 is 7.80. The topological polar surface area (TPSA) is 54.5 Å². The fourth-order valence-electron chi connectivity index (χ4n) is 5.08. The molecule has 0 unspecified atom stereocenters. The average Bonchev–Trinajstić information content (AvgIpc) is 3.28. The van der Waals surface area contributed by atoms with Gasteiger partial charge in [0.1, 0.15) is 0 Å². The fraction of sp³-hybridized carbons (Fsp3) is 0.677. The molecule has 1 aromatic carbocycles. The van der Waals surface area contributed by atoms with Crippen molar-refractivity contribution in [3.8, 4) is 10.4 Å². The van der Waals surface area contributed by atoms with Gasteiger partial charge in [-0.2, -0.15) is 0 Å². The minimum atomic E-state index is -0.0351. The molecule has 1 N–H and O–H groups in total. The Morgan fingerprint density at radius 3 is 2.37 bits per heavy atom. The molecule has 0 spiro atoms. The minimum absolute atomic E-state index is 0.0170. The molecule has 2 fully saturated rings. The summed E-state index contributed by atoms with van der Waals surface area (Å²) in [6.07, 6.45) is 9.18. The number of thiazole rings is 1. The Hall–Kier alpha value is -1.41. The third kappa shape index (κ3) is 7.83. The largest absolute Gasteiger partial charge is 0.381 e. The van der Waals surface area contributed by atoms with Crippen LogP contribution in [-0.2, 0) is 16.6 Å². The van der Waals surface area contributed by atoms with Crippen LogP contribution in [0.4, 0.5) is 0 Å². The van der Waals surface area contributed by atoms with Crippen molar-refractivity contribution in [1.29, 1.82) is 0 Å². The lowest BCUT2D eigenvalue weighted by Crippen LogP contribution is -2.38. The summed E-state index contributed by atoms with van der Waals surface area (Å²) in [5, 5.41) is 3.84. The van der Waals surface area contributed by atoms with Gasteiger partial charge in [-0.3, -0.25) is 4.79 Å². The molecule has 2 aromatic rings. The molecule has 0 bridgehead atoms. The number of nitrogens with one attached hydrogen (secondary N) is 1. The first-order valence-corrected chi connectivity index (χ1v) is 15.9. The first kappa shape index (κ1) is 29.6. The highest BCUT2D eigenvalue weighted by Crippen LogP contribution is 2.40. The molecular weight excluding hydrogens is 510 g/mol. The standard InChI is InChI=1S/C31H47N3O2S2/c1-30(2,3)23-18-22(19-25(20-23)38-34(7)31(4,5)6)27-26(17-21-11-9-8-10-12-21)33-29(37-27)28(35)32-24-13-15-36-16-14-24/h18-21,24H,8-17H2,1-7H3,(H,32,35). The molecule has 2 heterocycles. The van der Waals surface area contributed by atoms with Gasteiger partial charge in [0.05, 0.1) is 10.6 Å². The van der Waals surface area contributed by atoms with E-state index in [-0.39, 0.29) is 22.9 Å². The summed E-state index contributed by atoms with van der Waals surface area (Å²) in [4.78, 5) is 20.8. The van der Waals surface area contributed by atoms with Gasteiger partial charge in [0.15, 0.2) is 5.01 Å². The molecule has 1 amide bonds. The molecule has 5 nitrogen and oxygen atoms in total. The molecule has 38 heavy (non-hydrogen) atoms. The number of rotatable bonds is 7. The number of carbonyl (C=O) groups excluding carboxylic acids is 1. The van der Waals surface area contributed by atoms with Crippen LogP contribution in [0.15, 0.2) is 23.1 Å². The number of amides is 1. The second kappa shape index (κ2) is 12.4. The van der Waals surface area contributed by atoms with Crippen molar-refractivity contribution >= 4 is 29.2 Å². The average molecular weight is 558 g/mol. The molecule has 1 aliphatic carbocycles. The van der Waals surface area contributed by atoms with Crippen molar-refractivity contribution in [2.45, 2.75) is 115 Å². The zero-order chi connectivity index (χ0) is 27.5. The lowest BCUT2D eigenvalue weighted by Gasteiger charge is -2.31. The molecule has 4 rings (SSSR count). The molecule has 1 aliphatic heterocycles. The molecule has 1 saturated heterocycles. The number of hydrogen-bond donors (Lipinski definition) is 1. The van der Waals surface area contributed by atoms with E-state index in [1.165, 1.54) is 53.0 Å². The molecule has 0 atom stereocenters. The molecular formula is C31H47N3O2S2. The lowest BCUT2D eigenvalue weighted by molar-refractivity contribution is 0.0696. The van der Waals surface area contributed by atoms with E-state index in [0.717, 1.165) is 25.0 Å². The van der Waals surface area contributed by atoms with Crippen molar-refractivity contribution in [3.63, 3.8) is 0 Å². The highest BCUT2D eigenvalue weighted by Gasteiger charge is 2.26. The maximum absolute atomic E-state index is 13.3. The van der Waals surface area contributed by atoms with Crippen molar-refractivity contribution in [2.24, 2.45) is 5.92 Å². The molecule has 1 saturated carbocycles. The van der Waals surface area contributed by atoms with Crippen LogP contribution in [0.25, 0.3) is 10.4 Å². The Labute approximate surface area is 238 Å². The maximum atomic E-state index is 13.3. The van der Waals surface area contributed by atoms with Crippen LogP contribution in [0.3, 0.4) is 0 Å². The third-order valence-corrected chi connectivity index (χ3v) is 10.3. The van der Waals surface area contributed by atoms with E-state index in [1.807, 2.05) is 0 Å². The zero-order valence-corrected chi connectivity index (χ0v) is 26.1. The molecule has 1 aromatic heterocycles. The Morgan fingerprint density at radius 1 is 1.05 bits per heavy atom. The molecule has 7 heteroatoms. The van der Waals surface area contributed by atoms with Gasteiger partial charge in [0, 0.05) is 29.7 Å². The van der Waals surface area contributed by atoms with Crippen molar-refractivity contribution in [3.05, 3.63) is 34.5 Å². The van der Waals surface area contributed by atoms with Crippen LogP contribution >= 0.6 is 23.3 Å². The number of hydrogen-bond acceptors (Lipinski definition) is 6. The number of benzene rings is 1. The number of ether oxygens (including phenoxy) is 1. The summed E-state index contributed by atoms with van der Waals surface area (Å²) in [6, 6.07) is 7.14. The normalized spacial score (nSPS) is 18.2. The van der Waals surface area contributed by atoms with Gasteiger partial charge in [-0.15, -0.1) is 11.3 Å². The van der Waals surface area contributed by atoms with Crippen LogP contribution in [-0.4, -0.2) is 47.0 Å². The van der Waals surface area contributed by atoms with Crippen LogP contribution in [0, 0.1) is 5.92 Å². The van der Waals surface area contributed by atoms with Crippen molar-refractivity contribution < 1.29 is 9.53 Å². The number of aromatic nitrogens is 1. The van der Waals surface area contributed by atoms with Crippen molar-refractivity contribution in [1.82, 2.24) is 14.6 Å². The SMILES string of the molecule is CN(Sc1cc(-c2sc(C(=O)NC3CCOCC3)nc2CC2CCCCC2)cc(C(C)(C)C)c1)C(C)(C)C. The summed E-state index contributed by atoms with van der Waals surface area (Å²) in [7, 11) is 2.16. The predicted octanol–water partition coefficient (Wildman–Crippen LogP) is 7.88. The van der Waals surface area contributed by atoms with Gasteiger partial charge < -0.3 is 10.1 Å². The quantitative estimate of drug-likeness (QED) is 0.351. The minimum Gasteiger partial charge on any atom is -0.381 e. The molecule has 0 radical (unpaired) electrons. The Kier molecular flexibility index (Phi) is 9.65. The summed E-state index contributed by atoms with van der Waals surface area (Å²) in [5.74, 6) is 0.620. The first-order valence-electron chi connectivity index (χ1n) is 14.4. The summed E-state index contributed by atoms with van der Waals surface area (Å²) >= 11 is 3.37. The van der Waals surface area contributed by atoms with Gasteiger partial charge in [-0.1, -0.05) is 52.9 Å². The zero-order valence-electron chi connectivity index (χ0n) is 24.5. The third-order valence-electron chi connectivity index (χ3n) is 7.88. The second-order valence-electron chi connectivity index (χ2n) is 13.1. The van der Waals surface area contributed by atoms with E-state index in [4.69, 9.17) is 9.72 Å². The summed E-state index contributed by atoms with van der Waals surface area (Å²) in [5.41, 5.74) is 3.67. The van der Waals surface area contributed by atoms with Gasteiger partial charge in [0.2, 0.25) is 0 Å². The van der Waals surface area contributed by atoms with Gasteiger partial charge in [-0.05, 0) is 99.7 Å². The van der Waals surface area contributed by atoms with E-state index in [1.54, 1.807) is 23.3 Å². The van der Waals surface area contributed by atoms with E-state index < -0.39 is 0 Å². The first-order chi connectivity index (χ1) is 17.9. The van der Waals surface area contributed by atoms with E-state index >= 15 is 0 Å². The van der Waals surface area contributed by atoms with E-state index in [0.29, 0.717) is 24.1 Å². The number of nitrogens with zero attached hydrogens (tertiary/aromatic N) is 2. The highest BCUT2D eigenvalue weighted by atomic mass is 32.2. The monoisotopic (exact) mass is 557 g/mol. The fourth-order valence-corrected chi connectivity index (χ4v) is 7.01. The van der Waals surface area contributed by atoms with Crippen molar-refractivity contribution in [2.75, 3.05) is 20.3 Å². The van der Waals surface area contributed by atoms with E-state index in [9.17, 15) is 4.79 Å². The smallest absolute Gasteiger partial charge is 0.280 e. The van der Waals surface area contributed by atoms with Crippen LogP contribution in [0.2, 0.25) is 0 Å². The number of carbonyl (C=O) groups is 1. The second-order valence-corrected chi connectivity index (χ2v) is 15.3. The van der Waals surface area contributed by atoms with Gasteiger partial charge in [-0.25, -0.2) is 9.29 Å². The van der Waals surface area contributed by atoms with Crippen LogP contribution in [0.1, 0.15) is 108 Å². The lowest BCUT2D eigenvalue weighted by atomic mass is 9.84. The Balaban J connectivity index is 1.71. The Morgan fingerprint density at radius 2 is 1.74 bits per heavy atom. The van der Waals surface area contributed by atoms with Gasteiger partial charge in [0.25, 0.3) is 5.91 Å². The predicted molar refractivity (Wildman–Crippen MR) is 161 cm³/mol. The molecule has 210 valence electrons. The van der Waals surface area contributed by atoms with Crippen LogP contribution in [0.5, 0.6) is 0 Å². The van der Waals surface area contributed by atoms with E-state index in [2.05, 4.69) is 76.4 Å². The molecule has 2 aliphatic rings. The van der Waals surface area contributed by atoms with Gasteiger partial charge >= 0.3 is 0 Å². The van der Waals surface area contributed by atoms with Crippen LogP contribution < -0.4 is 5.32 Å². The Bertz CT molecular complexity index is 1090. The maximum Gasteiger partial charge on any atom is 0.280 e. The summed E-state index contributed by atoms with van der Waals surface area (Å²) in [6.45, 7) is 15.0.